The minimum atomic E-state index is -0.914. The highest BCUT2D eigenvalue weighted by Gasteiger charge is 2.18. The lowest BCUT2D eigenvalue weighted by Gasteiger charge is -2.31. The summed E-state index contributed by atoms with van der Waals surface area (Å²) in [6, 6.07) is 30.4. The molecule has 5 N–H and O–H groups in total. The average Bonchev–Trinajstić information content (AvgIpc) is 3.68. The lowest BCUT2D eigenvalue weighted by Crippen LogP contribution is -2.35. The summed E-state index contributed by atoms with van der Waals surface area (Å²) in [6.07, 6.45) is 4.15. The SMILES string of the molecule is O=C(O)Cn1ccc2cc(NC(=O)c3ccc(-n4ccc5cc(NC(O)c6ccc(N7CCC(O)CC7)cc6)ccc54)cc3)ccc21. The summed E-state index contributed by atoms with van der Waals surface area (Å²) in [5.41, 5.74) is 6.47. The van der Waals surface area contributed by atoms with Crippen molar-refractivity contribution in [3.8, 4) is 5.69 Å². The van der Waals surface area contributed by atoms with E-state index in [0.29, 0.717) is 11.3 Å². The summed E-state index contributed by atoms with van der Waals surface area (Å²) in [5.74, 6) is -1.16. The molecule has 238 valence electrons. The first kappa shape index (κ1) is 30.1. The van der Waals surface area contributed by atoms with E-state index in [2.05, 4.69) is 15.5 Å². The number of rotatable bonds is 9. The largest absolute Gasteiger partial charge is 0.480 e. The van der Waals surface area contributed by atoms with Crippen molar-refractivity contribution in [1.29, 1.82) is 0 Å². The van der Waals surface area contributed by atoms with Crippen molar-refractivity contribution in [3.63, 3.8) is 0 Å². The number of carboxylic acid groups (broad SMARTS) is 1. The van der Waals surface area contributed by atoms with Crippen LogP contribution in [0.15, 0.2) is 109 Å². The Balaban J connectivity index is 0.996. The summed E-state index contributed by atoms with van der Waals surface area (Å²) in [4.78, 5) is 26.3. The summed E-state index contributed by atoms with van der Waals surface area (Å²) in [5, 5.41) is 37.7. The second-order valence-corrected chi connectivity index (χ2v) is 11.9. The summed E-state index contributed by atoms with van der Waals surface area (Å²) in [6.45, 7) is 1.53. The van der Waals surface area contributed by atoms with Gasteiger partial charge in [0.2, 0.25) is 0 Å². The number of carbonyl (C=O) groups is 2. The highest BCUT2D eigenvalue weighted by Crippen LogP contribution is 2.28. The highest BCUT2D eigenvalue weighted by atomic mass is 16.4. The first-order valence-electron chi connectivity index (χ1n) is 15.6. The second-order valence-electron chi connectivity index (χ2n) is 11.9. The molecule has 0 aliphatic carbocycles. The smallest absolute Gasteiger partial charge is 0.323 e. The first-order valence-corrected chi connectivity index (χ1v) is 15.6. The first-order chi connectivity index (χ1) is 22.8. The number of piperidine rings is 1. The Morgan fingerprint density at radius 3 is 2.15 bits per heavy atom. The molecule has 1 unspecified atom stereocenters. The van der Waals surface area contributed by atoms with Gasteiger partial charge < -0.3 is 40.0 Å². The molecule has 6 aromatic rings. The van der Waals surface area contributed by atoms with Gasteiger partial charge in [0.25, 0.3) is 5.91 Å². The van der Waals surface area contributed by atoms with Crippen molar-refractivity contribution >= 4 is 50.7 Å². The third-order valence-electron chi connectivity index (χ3n) is 8.77. The van der Waals surface area contributed by atoms with Gasteiger partial charge in [0.1, 0.15) is 6.54 Å². The minimum Gasteiger partial charge on any atom is -0.480 e. The fourth-order valence-corrected chi connectivity index (χ4v) is 6.23. The van der Waals surface area contributed by atoms with Gasteiger partial charge in [-0.25, -0.2) is 0 Å². The third kappa shape index (κ3) is 6.42. The number of nitrogens with one attached hydrogen (secondary N) is 2. The van der Waals surface area contributed by atoms with E-state index in [0.717, 1.165) is 70.4 Å². The second kappa shape index (κ2) is 12.7. The Hall–Kier alpha value is -5.58. The molecule has 1 aliphatic heterocycles. The number of nitrogens with zero attached hydrogens (tertiary/aromatic N) is 3. The minimum absolute atomic E-state index is 0.123. The molecule has 2 aromatic heterocycles. The zero-order valence-electron chi connectivity index (χ0n) is 25.6. The average molecular weight is 630 g/mol. The van der Waals surface area contributed by atoms with Crippen LogP contribution in [0.25, 0.3) is 27.5 Å². The van der Waals surface area contributed by atoms with Crippen LogP contribution in [0.4, 0.5) is 17.1 Å². The molecule has 1 aliphatic rings. The van der Waals surface area contributed by atoms with Gasteiger partial charge in [-0.05, 0) is 97.8 Å². The Morgan fingerprint density at radius 1 is 0.766 bits per heavy atom. The van der Waals surface area contributed by atoms with Crippen LogP contribution >= 0.6 is 0 Å². The molecule has 7 rings (SSSR count). The molecular formula is C37H35N5O5. The molecule has 1 fully saturated rings. The van der Waals surface area contributed by atoms with Gasteiger partial charge in [-0.15, -0.1) is 0 Å². The molecule has 0 radical (unpaired) electrons. The van der Waals surface area contributed by atoms with E-state index in [1.54, 1.807) is 35.0 Å². The van der Waals surface area contributed by atoms with Crippen LogP contribution < -0.4 is 15.5 Å². The number of aliphatic carboxylic acids is 1. The number of carboxylic acids is 1. The van der Waals surface area contributed by atoms with Crippen molar-refractivity contribution in [2.45, 2.75) is 31.7 Å². The van der Waals surface area contributed by atoms with Gasteiger partial charge in [0, 0.05) is 75.6 Å². The van der Waals surface area contributed by atoms with E-state index in [-0.39, 0.29) is 18.6 Å². The van der Waals surface area contributed by atoms with Gasteiger partial charge in [-0.2, -0.15) is 0 Å². The van der Waals surface area contributed by atoms with Crippen molar-refractivity contribution in [1.82, 2.24) is 9.13 Å². The number of benzene rings is 4. The standard InChI is InChI=1S/C37H35N5O5/c43-32-15-18-40(19-16-32)30-7-1-24(2-8-30)36(46)39-29-6-12-34-27(22-29)14-20-42(34)31-9-3-25(4-10-31)37(47)38-28-5-11-33-26(21-28)13-17-41(33)23-35(44)45/h1-14,17,20-22,32,36,39,43,46H,15-16,18-19,23H2,(H,38,47)(H,44,45). The number of hydrogen-bond acceptors (Lipinski definition) is 6. The molecule has 47 heavy (non-hydrogen) atoms. The van der Waals surface area contributed by atoms with E-state index in [1.807, 2.05) is 83.6 Å². The molecule has 0 bridgehead atoms. The van der Waals surface area contributed by atoms with Crippen molar-refractivity contribution < 1.29 is 24.9 Å². The van der Waals surface area contributed by atoms with E-state index in [9.17, 15) is 19.8 Å². The van der Waals surface area contributed by atoms with Crippen LogP contribution in [-0.2, 0) is 11.3 Å². The summed E-state index contributed by atoms with van der Waals surface area (Å²) < 4.78 is 3.70. The number of aromatic nitrogens is 2. The van der Waals surface area contributed by atoms with E-state index in [1.165, 1.54) is 0 Å². The lowest BCUT2D eigenvalue weighted by molar-refractivity contribution is -0.137. The van der Waals surface area contributed by atoms with Crippen LogP contribution in [0.3, 0.4) is 0 Å². The van der Waals surface area contributed by atoms with E-state index < -0.39 is 12.2 Å². The van der Waals surface area contributed by atoms with E-state index >= 15 is 0 Å². The number of amides is 1. The van der Waals surface area contributed by atoms with Gasteiger partial charge in [0.05, 0.1) is 11.6 Å². The number of carbonyl (C=O) groups excluding carboxylic acids is 1. The molecule has 4 aromatic carbocycles. The molecule has 1 saturated heterocycles. The van der Waals surface area contributed by atoms with Gasteiger partial charge in [-0.3, -0.25) is 9.59 Å². The van der Waals surface area contributed by atoms with Crippen LogP contribution in [0.2, 0.25) is 0 Å². The Kier molecular flexibility index (Phi) is 8.11. The fourth-order valence-electron chi connectivity index (χ4n) is 6.23. The molecule has 10 nitrogen and oxygen atoms in total. The topological polar surface area (TPSA) is 132 Å². The molecular weight excluding hydrogens is 594 g/mol. The fraction of sp³-hybridized carbons (Fsp3) is 0.189. The van der Waals surface area contributed by atoms with Crippen LogP contribution in [0, 0.1) is 0 Å². The number of hydrogen-bond donors (Lipinski definition) is 5. The molecule has 1 amide bonds. The maximum absolute atomic E-state index is 13.0. The van der Waals surface area contributed by atoms with Gasteiger partial charge >= 0.3 is 5.97 Å². The zero-order valence-corrected chi connectivity index (χ0v) is 25.6. The molecule has 3 heterocycles. The number of fused-ring (bicyclic) bond motifs is 2. The number of aliphatic hydroxyl groups excluding tert-OH is 2. The van der Waals surface area contributed by atoms with Crippen LogP contribution in [-0.4, -0.2) is 55.5 Å². The van der Waals surface area contributed by atoms with Crippen molar-refractivity contribution in [2.75, 3.05) is 28.6 Å². The normalized spacial score (nSPS) is 14.4. The molecule has 1 atom stereocenters. The monoisotopic (exact) mass is 629 g/mol. The third-order valence-corrected chi connectivity index (χ3v) is 8.77. The number of anilines is 3. The quantitative estimate of drug-likeness (QED) is 0.124. The van der Waals surface area contributed by atoms with Gasteiger partial charge in [-0.1, -0.05) is 12.1 Å². The van der Waals surface area contributed by atoms with Crippen LogP contribution in [0.5, 0.6) is 0 Å². The Morgan fingerprint density at radius 2 is 1.40 bits per heavy atom. The summed E-state index contributed by atoms with van der Waals surface area (Å²) >= 11 is 0. The predicted molar refractivity (Wildman–Crippen MR) is 183 cm³/mol. The zero-order chi connectivity index (χ0) is 32.5. The highest BCUT2D eigenvalue weighted by molar-refractivity contribution is 6.05. The van der Waals surface area contributed by atoms with Crippen molar-refractivity contribution in [2.24, 2.45) is 0 Å². The molecule has 10 heteroatoms. The van der Waals surface area contributed by atoms with Crippen LogP contribution in [0.1, 0.15) is 35.0 Å². The molecule has 0 saturated carbocycles. The summed E-state index contributed by atoms with van der Waals surface area (Å²) in [7, 11) is 0. The lowest BCUT2D eigenvalue weighted by atomic mass is 10.1. The van der Waals surface area contributed by atoms with Gasteiger partial charge in [0.15, 0.2) is 6.23 Å². The van der Waals surface area contributed by atoms with Crippen molar-refractivity contribution in [3.05, 3.63) is 121 Å². The Labute approximate surface area is 271 Å². The molecule has 0 spiro atoms. The number of aliphatic hydroxyl groups is 2. The maximum Gasteiger partial charge on any atom is 0.323 e. The maximum atomic E-state index is 13.0. The predicted octanol–water partition coefficient (Wildman–Crippen LogP) is 5.99. The van der Waals surface area contributed by atoms with E-state index in [4.69, 9.17) is 5.11 Å². The Bertz CT molecular complexity index is 2060.